The highest BCUT2D eigenvalue weighted by Crippen LogP contribution is 2.22. The van der Waals surface area contributed by atoms with Crippen LogP contribution in [0, 0.1) is 5.82 Å². The first-order valence-corrected chi connectivity index (χ1v) is 9.69. The van der Waals surface area contributed by atoms with Crippen molar-refractivity contribution in [1.29, 1.82) is 0 Å². The standard InChI is InChI=1S/C22H27FN6.HI/c1-4-25-21(28-15-22(2,3)18-6-5-7-19(23)12-18)27-14-17-8-9-20(26-13-17)29-11-10-24-16-29;/h5-13,16H,4,14-15H2,1-3H3,(H2,25,27,28);1H. The van der Waals surface area contributed by atoms with Gasteiger partial charge in [0.15, 0.2) is 5.96 Å². The van der Waals surface area contributed by atoms with Gasteiger partial charge in [-0.25, -0.2) is 19.4 Å². The molecule has 0 bridgehead atoms. The zero-order valence-electron chi connectivity index (χ0n) is 17.5. The van der Waals surface area contributed by atoms with Crippen LogP contribution >= 0.6 is 24.0 Å². The van der Waals surface area contributed by atoms with Gasteiger partial charge in [0.05, 0.1) is 6.54 Å². The maximum atomic E-state index is 13.6. The Bertz CT molecular complexity index is 939. The van der Waals surface area contributed by atoms with Gasteiger partial charge in [-0.15, -0.1) is 24.0 Å². The van der Waals surface area contributed by atoms with Gasteiger partial charge in [-0.2, -0.15) is 0 Å². The van der Waals surface area contributed by atoms with E-state index in [4.69, 9.17) is 0 Å². The van der Waals surface area contributed by atoms with Crippen LogP contribution in [0.15, 0.2) is 66.3 Å². The molecule has 0 aliphatic rings. The molecule has 0 radical (unpaired) electrons. The molecule has 0 spiro atoms. The van der Waals surface area contributed by atoms with Crippen molar-refractivity contribution in [1.82, 2.24) is 25.2 Å². The van der Waals surface area contributed by atoms with Gasteiger partial charge in [-0.05, 0) is 36.2 Å². The number of benzene rings is 1. The minimum Gasteiger partial charge on any atom is -0.357 e. The van der Waals surface area contributed by atoms with Crippen molar-refractivity contribution in [2.75, 3.05) is 13.1 Å². The maximum absolute atomic E-state index is 13.6. The molecule has 0 unspecified atom stereocenters. The number of rotatable bonds is 7. The Hall–Kier alpha value is -2.49. The van der Waals surface area contributed by atoms with Crippen LogP contribution in [-0.2, 0) is 12.0 Å². The predicted molar refractivity (Wildman–Crippen MR) is 129 cm³/mol. The number of halogens is 2. The van der Waals surface area contributed by atoms with Crippen molar-refractivity contribution in [2.24, 2.45) is 4.99 Å². The highest BCUT2D eigenvalue weighted by Gasteiger charge is 2.21. The lowest BCUT2D eigenvalue weighted by Crippen LogP contribution is -2.43. The third kappa shape index (κ3) is 6.51. The molecule has 6 nitrogen and oxygen atoms in total. The number of aliphatic imine (C=N–C) groups is 1. The number of hydrogen-bond donors (Lipinski definition) is 2. The third-order valence-corrected chi connectivity index (χ3v) is 4.65. The van der Waals surface area contributed by atoms with Crippen LogP contribution in [0.1, 0.15) is 31.9 Å². The van der Waals surface area contributed by atoms with Gasteiger partial charge >= 0.3 is 0 Å². The Morgan fingerprint density at radius 1 is 1.20 bits per heavy atom. The Morgan fingerprint density at radius 3 is 2.67 bits per heavy atom. The molecule has 0 saturated carbocycles. The first-order valence-electron chi connectivity index (χ1n) is 9.69. The molecule has 0 aliphatic heterocycles. The number of nitrogens with one attached hydrogen (secondary N) is 2. The average molecular weight is 522 g/mol. The number of nitrogens with zero attached hydrogens (tertiary/aromatic N) is 4. The van der Waals surface area contributed by atoms with E-state index in [1.54, 1.807) is 24.7 Å². The molecule has 0 aliphatic carbocycles. The van der Waals surface area contributed by atoms with E-state index in [0.29, 0.717) is 13.1 Å². The fraction of sp³-hybridized carbons (Fsp3) is 0.318. The number of hydrogen-bond acceptors (Lipinski definition) is 3. The summed E-state index contributed by atoms with van der Waals surface area (Å²) < 4.78 is 15.4. The van der Waals surface area contributed by atoms with Crippen LogP contribution in [0.2, 0.25) is 0 Å². The highest BCUT2D eigenvalue weighted by molar-refractivity contribution is 14.0. The molecule has 0 amide bonds. The quantitative estimate of drug-likeness (QED) is 0.279. The molecular formula is C22H28FIN6. The van der Waals surface area contributed by atoms with E-state index in [-0.39, 0.29) is 35.2 Å². The highest BCUT2D eigenvalue weighted by atomic mass is 127. The maximum Gasteiger partial charge on any atom is 0.191 e. The van der Waals surface area contributed by atoms with Gasteiger partial charge < -0.3 is 10.6 Å². The topological polar surface area (TPSA) is 67.1 Å². The van der Waals surface area contributed by atoms with Crippen molar-refractivity contribution in [3.8, 4) is 5.82 Å². The van der Waals surface area contributed by atoms with Crippen molar-refractivity contribution in [2.45, 2.75) is 32.7 Å². The molecule has 0 saturated heterocycles. The first kappa shape index (κ1) is 23.8. The van der Waals surface area contributed by atoms with Gasteiger partial charge in [-0.1, -0.05) is 32.0 Å². The summed E-state index contributed by atoms with van der Waals surface area (Å²) in [5.41, 5.74) is 1.71. The Morgan fingerprint density at radius 2 is 2.03 bits per heavy atom. The molecule has 3 aromatic rings. The van der Waals surface area contributed by atoms with Crippen LogP contribution in [-0.4, -0.2) is 33.6 Å². The largest absolute Gasteiger partial charge is 0.357 e. The van der Waals surface area contributed by atoms with Gasteiger partial charge in [0.1, 0.15) is 18.0 Å². The molecular weight excluding hydrogens is 494 g/mol. The number of aromatic nitrogens is 3. The van der Waals surface area contributed by atoms with E-state index in [1.807, 2.05) is 42.1 Å². The second-order valence-electron chi connectivity index (χ2n) is 7.44. The van der Waals surface area contributed by atoms with Crippen molar-refractivity contribution < 1.29 is 4.39 Å². The molecule has 2 N–H and O–H groups in total. The van der Waals surface area contributed by atoms with E-state index in [1.165, 1.54) is 6.07 Å². The Labute approximate surface area is 194 Å². The second kappa shape index (κ2) is 11.1. The average Bonchev–Trinajstić information content (AvgIpc) is 3.25. The van der Waals surface area contributed by atoms with Crippen molar-refractivity contribution >= 4 is 29.9 Å². The lowest BCUT2D eigenvalue weighted by Gasteiger charge is -2.27. The van der Waals surface area contributed by atoms with Gasteiger partial charge in [-0.3, -0.25) is 4.57 Å². The van der Waals surface area contributed by atoms with Gasteiger partial charge in [0, 0.05) is 37.1 Å². The van der Waals surface area contributed by atoms with Crippen LogP contribution in [0.25, 0.3) is 5.82 Å². The summed E-state index contributed by atoms with van der Waals surface area (Å²) in [5, 5.41) is 6.62. The third-order valence-electron chi connectivity index (χ3n) is 4.65. The molecule has 8 heteroatoms. The van der Waals surface area contributed by atoms with E-state index in [0.717, 1.165) is 29.4 Å². The summed E-state index contributed by atoms with van der Waals surface area (Å²) in [5.74, 6) is 1.32. The van der Waals surface area contributed by atoms with E-state index in [9.17, 15) is 4.39 Å². The van der Waals surface area contributed by atoms with E-state index >= 15 is 0 Å². The van der Waals surface area contributed by atoms with Gasteiger partial charge in [0.2, 0.25) is 0 Å². The number of pyridine rings is 1. The van der Waals surface area contributed by atoms with E-state index < -0.39 is 0 Å². The van der Waals surface area contributed by atoms with Crippen LogP contribution in [0.3, 0.4) is 0 Å². The summed E-state index contributed by atoms with van der Waals surface area (Å²) >= 11 is 0. The smallest absolute Gasteiger partial charge is 0.191 e. The lowest BCUT2D eigenvalue weighted by atomic mass is 9.84. The molecule has 160 valence electrons. The molecule has 2 aromatic heterocycles. The normalized spacial score (nSPS) is 11.7. The van der Waals surface area contributed by atoms with Crippen LogP contribution in [0.4, 0.5) is 4.39 Å². The first-order chi connectivity index (χ1) is 14.0. The summed E-state index contributed by atoms with van der Waals surface area (Å²) in [6.45, 7) is 8.07. The van der Waals surface area contributed by atoms with Crippen molar-refractivity contribution in [3.63, 3.8) is 0 Å². The molecule has 1 aromatic carbocycles. The fourth-order valence-electron chi connectivity index (χ4n) is 2.89. The fourth-order valence-corrected chi connectivity index (χ4v) is 2.89. The zero-order chi connectivity index (χ0) is 20.7. The molecule has 30 heavy (non-hydrogen) atoms. The Kier molecular flexibility index (Phi) is 8.76. The SMILES string of the molecule is CCNC(=NCc1ccc(-n2ccnc2)nc1)NCC(C)(C)c1cccc(F)c1.I. The van der Waals surface area contributed by atoms with Crippen LogP contribution < -0.4 is 10.6 Å². The monoisotopic (exact) mass is 522 g/mol. The van der Waals surface area contributed by atoms with Crippen LogP contribution in [0.5, 0.6) is 0 Å². The van der Waals surface area contributed by atoms with Crippen molar-refractivity contribution in [3.05, 3.63) is 78.3 Å². The van der Waals surface area contributed by atoms with Gasteiger partial charge in [0.25, 0.3) is 0 Å². The molecule has 3 rings (SSSR count). The zero-order valence-corrected chi connectivity index (χ0v) is 19.8. The summed E-state index contributed by atoms with van der Waals surface area (Å²) in [6, 6.07) is 10.7. The number of guanidine groups is 1. The summed E-state index contributed by atoms with van der Waals surface area (Å²) in [6.07, 6.45) is 7.11. The molecule has 0 fully saturated rings. The van der Waals surface area contributed by atoms with E-state index in [2.05, 4.69) is 39.4 Å². The minimum atomic E-state index is -0.244. The molecule has 0 atom stereocenters. The molecule has 2 heterocycles. The lowest BCUT2D eigenvalue weighted by molar-refractivity contribution is 0.503. The summed E-state index contributed by atoms with van der Waals surface area (Å²) in [4.78, 5) is 13.1. The Balaban J connectivity index is 0.00000320. The number of imidazole rings is 1. The second-order valence-corrected chi connectivity index (χ2v) is 7.44. The minimum absolute atomic E-state index is 0. The summed E-state index contributed by atoms with van der Waals surface area (Å²) in [7, 11) is 0. The predicted octanol–water partition coefficient (Wildman–Crippen LogP) is 4.06.